The van der Waals surface area contributed by atoms with Gasteiger partial charge < -0.3 is 4.74 Å². The van der Waals surface area contributed by atoms with Crippen molar-refractivity contribution in [2.45, 2.75) is 26.4 Å². The maximum absolute atomic E-state index is 5.39. The van der Waals surface area contributed by atoms with Crippen LogP contribution in [0.5, 0.6) is 0 Å². The Balaban J connectivity index is 2.48. The van der Waals surface area contributed by atoms with E-state index in [0.717, 1.165) is 13.0 Å². The molecule has 0 bridgehead atoms. The van der Waals surface area contributed by atoms with Gasteiger partial charge in [0.15, 0.2) is 0 Å². The highest BCUT2D eigenvalue weighted by molar-refractivity contribution is 4.96. The van der Waals surface area contributed by atoms with E-state index in [1.807, 2.05) is 0 Å². The summed E-state index contributed by atoms with van der Waals surface area (Å²) >= 11 is 0. The lowest BCUT2D eigenvalue weighted by Gasteiger charge is -2.16. The lowest BCUT2D eigenvalue weighted by atomic mass is 9.89. The van der Waals surface area contributed by atoms with Crippen LogP contribution in [0.2, 0.25) is 0 Å². The molecule has 0 saturated carbocycles. The highest BCUT2D eigenvalue weighted by atomic mass is 16.5. The molecule has 0 N–H and O–H groups in total. The second-order valence-electron chi connectivity index (χ2n) is 2.98. The Bertz CT molecular complexity index is 145. The van der Waals surface area contributed by atoms with Crippen LogP contribution in [0, 0.1) is 24.2 Å². The van der Waals surface area contributed by atoms with Gasteiger partial charge in [0.05, 0.1) is 6.10 Å². The van der Waals surface area contributed by atoms with Gasteiger partial charge in [-0.1, -0.05) is 6.92 Å². The molecule has 0 radical (unpaired) electrons. The molecule has 56 valence electrons. The number of terminal acetylenes is 1. The summed E-state index contributed by atoms with van der Waals surface area (Å²) < 4.78 is 5.39. The molecule has 1 nitrogen and oxygen atoms in total. The molecule has 3 unspecified atom stereocenters. The first-order valence-electron chi connectivity index (χ1n) is 3.83. The summed E-state index contributed by atoms with van der Waals surface area (Å²) in [6.07, 6.45) is 6.81. The van der Waals surface area contributed by atoms with E-state index in [-0.39, 0.29) is 0 Å². The molecule has 0 amide bonds. The Labute approximate surface area is 62.8 Å². The fourth-order valence-electron chi connectivity index (χ4n) is 1.53. The maximum atomic E-state index is 5.39. The number of ether oxygens (including phenoxy) is 1. The van der Waals surface area contributed by atoms with Crippen LogP contribution in [0.25, 0.3) is 0 Å². The minimum atomic E-state index is 0.367. The van der Waals surface area contributed by atoms with Crippen molar-refractivity contribution in [2.24, 2.45) is 11.8 Å². The highest BCUT2D eigenvalue weighted by Crippen LogP contribution is 2.27. The molecule has 0 aromatic carbocycles. The van der Waals surface area contributed by atoms with Gasteiger partial charge in [0.2, 0.25) is 0 Å². The van der Waals surface area contributed by atoms with Crippen molar-refractivity contribution >= 4 is 0 Å². The molecule has 10 heavy (non-hydrogen) atoms. The second-order valence-corrected chi connectivity index (χ2v) is 2.98. The molecule has 1 fully saturated rings. The standard InChI is InChI=1S/C9H14O/c1-4-7(2)9-5-6-10-8(9)3/h1,7-9H,5-6H2,2-3H3. The summed E-state index contributed by atoms with van der Waals surface area (Å²) in [5, 5.41) is 0. The molecular weight excluding hydrogens is 124 g/mol. The van der Waals surface area contributed by atoms with Gasteiger partial charge >= 0.3 is 0 Å². The van der Waals surface area contributed by atoms with E-state index in [4.69, 9.17) is 11.2 Å². The largest absolute Gasteiger partial charge is 0.378 e. The minimum absolute atomic E-state index is 0.367. The summed E-state index contributed by atoms with van der Waals surface area (Å²) in [7, 11) is 0. The normalized spacial score (nSPS) is 35.3. The van der Waals surface area contributed by atoms with Gasteiger partial charge in [-0.3, -0.25) is 0 Å². The Morgan fingerprint density at radius 3 is 2.80 bits per heavy atom. The van der Waals surface area contributed by atoms with Crippen molar-refractivity contribution in [3.8, 4) is 12.3 Å². The number of hydrogen-bond donors (Lipinski definition) is 0. The molecule has 0 aromatic rings. The van der Waals surface area contributed by atoms with Crippen LogP contribution in [0.4, 0.5) is 0 Å². The predicted molar refractivity (Wildman–Crippen MR) is 41.5 cm³/mol. The Morgan fingerprint density at radius 1 is 1.70 bits per heavy atom. The fourth-order valence-corrected chi connectivity index (χ4v) is 1.53. The number of hydrogen-bond acceptors (Lipinski definition) is 1. The molecule has 0 aromatic heterocycles. The van der Waals surface area contributed by atoms with Crippen LogP contribution in [0.1, 0.15) is 20.3 Å². The highest BCUT2D eigenvalue weighted by Gasteiger charge is 2.27. The molecule has 1 rings (SSSR count). The summed E-state index contributed by atoms with van der Waals surface area (Å²) in [6.45, 7) is 5.08. The van der Waals surface area contributed by atoms with E-state index in [1.54, 1.807) is 0 Å². The first kappa shape index (κ1) is 7.63. The van der Waals surface area contributed by atoms with Gasteiger partial charge in [0.25, 0.3) is 0 Å². The molecule has 1 heteroatoms. The van der Waals surface area contributed by atoms with Crippen molar-refractivity contribution in [2.75, 3.05) is 6.61 Å². The van der Waals surface area contributed by atoms with Gasteiger partial charge in [-0.05, 0) is 13.3 Å². The number of rotatable bonds is 1. The molecule has 1 aliphatic rings. The van der Waals surface area contributed by atoms with E-state index in [2.05, 4.69) is 19.8 Å². The van der Waals surface area contributed by atoms with Gasteiger partial charge in [0.1, 0.15) is 0 Å². The second kappa shape index (κ2) is 3.07. The zero-order valence-electron chi connectivity index (χ0n) is 6.63. The molecule has 0 spiro atoms. The predicted octanol–water partition coefficient (Wildman–Crippen LogP) is 1.68. The zero-order valence-corrected chi connectivity index (χ0v) is 6.63. The molecule has 0 aliphatic carbocycles. The van der Waals surface area contributed by atoms with Crippen molar-refractivity contribution < 1.29 is 4.74 Å². The quantitative estimate of drug-likeness (QED) is 0.501. The van der Waals surface area contributed by atoms with E-state index in [1.165, 1.54) is 0 Å². The molecule has 1 heterocycles. The van der Waals surface area contributed by atoms with E-state index < -0.39 is 0 Å². The van der Waals surface area contributed by atoms with Gasteiger partial charge in [-0.25, -0.2) is 0 Å². The van der Waals surface area contributed by atoms with Crippen LogP contribution in [-0.4, -0.2) is 12.7 Å². The summed E-state index contributed by atoms with van der Waals surface area (Å²) in [6, 6.07) is 0. The molecule has 1 aliphatic heterocycles. The zero-order chi connectivity index (χ0) is 7.56. The van der Waals surface area contributed by atoms with Gasteiger partial charge in [-0.2, -0.15) is 0 Å². The van der Waals surface area contributed by atoms with Gasteiger partial charge in [-0.15, -0.1) is 12.3 Å². The van der Waals surface area contributed by atoms with E-state index >= 15 is 0 Å². The minimum Gasteiger partial charge on any atom is -0.378 e. The average molecular weight is 138 g/mol. The third-order valence-corrected chi connectivity index (χ3v) is 2.34. The van der Waals surface area contributed by atoms with Crippen molar-refractivity contribution in [3.05, 3.63) is 0 Å². The van der Waals surface area contributed by atoms with Crippen molar-refractivity contribution in [1.82, 2.24) is 0 Å². The third-order valence-electron chi connectivity index (χ3n) is 2.34. The summed E-state index contributed by atoms with van der Waals surface area (Å²) in [5.41, 5.74) is 0. The SMILES string of the molecule is C#CC(C)C1CCOC1C. The lowest BCUT2D eigenvalue weighted by molar-refractivity contribution is 0.0986. The third kappa shape index (κ3) is 1.33. The topological polar surface area (TPSA) is 9.23 Å². The smallest absolute Gasteiger partial charge is 0.0587 e. The van der Waals surface area contributed by atoms with Crippen molar-refractivity contribution in [1.29, 1.82) is 0 Å². The Kier molecular flexibility index (Phi) is 2.34. The van der Waals surface area contributed by atoms with Crippen LogP contribution < -0.4 is 0 Å². The molecular formula is C9H14O. The van der Waals surface area contributed by atoms with Crippen LogP contribution in [0.3, 0.4) is 0 Å². The average Bonchev–Trinajstić information content (AvgIpc) is 2.34. The van der Waals surface area contributed by atoms with Gasteiger partial charge in [0, 0.05) is 18.4 Å². The Morgan fingerprint density at radius 2 is 2.40 bits per heavy atom. The Hall–Kier alpha value is -0.480. The van der Waals surface area contributed by atoms with E-state index in [0.29, 0.717) is 17.9 Å². The summed E-state index contributed by atoms with van der Waals surface area (Å²) in [4.78, 5) is 0. The van der Waals surface area contributed by atoms with Crippen LogP contribution >= 0.6 is 0 Å². The maximum Gasteiger partial charge on any atom is 0.0587 e. The summed E-state index contributed by atoms with van der Waals surface area (Å²) in [5.74, 6) is 3.72. The van der Waals surface area contributed by atoms with Crippen LogP contribution in [-0.2, 0) is 4.74 Å². The van der Waals surface area contributed by atoms with Crippen molar-refractivity contribution in [3.63, 3.8) is 0 Å². The molecule has 1 saturated heterocycles. The monoisotopic (exact) mass is 138 g/mol. The first-order valence-corrected chi connectivity index (χ1v) is 3.83. The lowest BCUT2D eigenvalue weighted by Crippen LogP contribution is -2.17. The first-order chi connectivity index (χ1) is 4.75. The van der Waals surface area contributed by atoms with Crippen LogP contribution in [0.15, 0.2) is 0 Å². The molecule has 3 atom stereocenters. The van der Waals surface area contributed by atoms with E-state index in [9.17, 15) is 0 Å². The fraction of sp³-hybridized carbons (Fsp3) is 0.778.